The molecule has 3 heterocycles. The van der Waals surface area contributed by atoms with E-state index in [0.717, 1.165) is 55.9 Å². The van der Waals surface area contributed by atoms with Gasteiger partial charge >= 0.3 is 0 Å². The standard InChI is InChI=1S/C24H33FN4O3.HI/c1-17-4-9-22(31-17)21(28-10-12-30-13-11-28)14-27-24(26-3)29-15-18(2)32-23(16-29)19-5-7-20(25)8-6-19;/h4-9,18,21,23H,10-16H2,1-3H3,(H,26,27);1H. The predicted molar refractivity (Wildman–Crippen MR) is 137 cm³/mol. The molecule has 2 saturated heterocycles. The van der Waals surface area contributed by atoms with Crippen molar-refractivity contribution >= 4 is 29.9 Å². The Labute approximate surface area is 212 Å². The van der Waals surface area contributed by atoms with E-state index in [1.54, 1.807) is 19.2 Å². The quantitative estimate of drug-likeness (QED) is 0.335. The Balaban J connectivity index is 0.00000306. The maximum Gasteiger partial charge on any atom is 0.193 e. The van der Waals surface area contributed by atoms with E-state index in [2.05, 4.69) is 33.1 Å². The Morgan fingerprint density at radius 3 is 2.52 bits per heavy atom. The van der Waals surface area contributed by atoms with Crippen LogP contribution in [0.1, 0.15) is 36.2 Å². The number of benzene rings is 1. The van der Waals surface area contributed by atoms with Crippen LogP contribution < -0.4 is 5.32 Å². The van der Waals surface area contributed by atoms with Crippen molar-refractivity contribution in [2.75, 3.05) is 53.0 Å². The molecule has 1 aromatic heterocycles. The molecule has 0 spiro atoms. The van der Waals surface area contributed by atoms with E-state index in [1.807, 2.05) is 13.0 Å². The van der Waals surface area contributed by atoms with Crippen molar-refractivity contribution in [1.82, 2.24) is 15.1 Å². The Kier molecular flexibility index (Phi) is 9.54. The highest BCUT2D eigenvalue weighted by molar-refractivity contribution is 14.0. The summed E-state index contributed by atoms with van der Waals surface area (Å²) in [6, 6.07) is 10.7. The lowest BCUT2D eigenvalue weighted by atomic mass is 10.1. The van der Waals surface area contributed by atoms with Crippen molar-refractivity contribution in [2.24, 2.45) is 4.99 Å². The number of rotatable bonds is 5. The number of aryl methyl sites for hydroxylation is 1. The van der Waals surface area contributed by atoms with Gasteiger partial charge in [0.25, 0.3) is 0 Å². The second kappa shape index (κ2) is 12.1. The zero-order chi connectivity index (χ0) is 22.5. The zero-order valence-corrected chi connectivity index (χ0v) is 21.8. The van der Waals surface area contributed by atoms with Gasteiger partial charge < -0.3 is 24.1 Å². The molecule has 7 nitrogen and oxygen atoms in total. The third-order valence-electron chi connectivity index (χ3n) is 6.04. The maximum atomic E-state index is 13.4. The molecule has 2 aliphatic heterocycles. The maximum absolute atomic E-state index is 13.4. The lowest BCUT2D eigenvalue weighted by Gasteiger charge is -2.39. The summed E-state index contributed by atoms with van der Waals surface area (Å²) >= 11 is 0. The normalized spacial score (nSPS) is 23.2. The smallest absolute Gasteiger partial charge is 0.193 e. The van der Waals surface area contributed by atoms with Crippen LogP contribution in [0.15, 0.2) is 45.8 Å². The van der Waals surface area contributed by atoms with Gasteiger partial charge in [0, 0.05) is 33.2 Å². The zero-order valence-electron chi connectivity index (χ0n) is 19.5. The van der Waals surface area contributed by atoms with Gasteiger partial charge in [-0.1, -0.05) is 12.1 Å². The molecule has 9 heteroatoms. The van der Waals surface area contributed by atoms with Crippen LogP contribution in [0.25, 0.3) is 0 Å². The second-order valence-corrected chi connectivity index (χ2v) is 8.43. The van der Waals surface area contributed by atoms with E-state index in [1.165, 1.54) is 12.1 Å². The lowest BCUT2D eigenvalue weighted by molar-refractivity contribution is -0.0606. The van der Waals surface area contributed by atoms with E-state index in [4.69, 9.17) is 13.9 Å². The number of furan rings is 1. The lowest BCUT2D eigenvalue weighted by Crippen LogP contribution is -2.52. The summed E-state index contributed by atoms with van der Waals surface area (Å²) in [6.45, 7) is 9.27. The highest BCUT2D eigenvalue weighted by Gasteiger charge is 2.30. The fraction of sp³-hybridized carbons (Fsp3) is 0.542. The van der Waals surface area contributed by atoms with E-state index < -0.39 is 0 Å². The molecule has 3 unspecified atom stereocenters. The van der Waals surface area contributed by atoms with Crippen molar-refractivity contribution in [3.63, 3.8) is 0 Å². The highest BCUT2D eigenvalue weighted by atomic mass is 127. The van der Waals surface area contributed by atoms with Crippen LogP contribution in [-0.2, 0) is 9.47 Å². The first-order valence-corrected chi connectivity index (χ1v) is 11.3. The molecule has 0 aliphatic carbocycles. The second-order valence-electron chi connectivity index (χ2n) is 8.43. The van der Waals surface area contributed by atoms with Crippen LogP contribution in [0.3, 0.4) is 0 Å². The average molecular weight is 572 g/mol. The van der Waals surface area contributed by atoms with Crippen molar-refractivity contribution in [3.05, 3.63) is 59.3 Å². The first-order valence-electron chi connectivity index (χ1n) is 11.3. The Hall–Kier alpha value is -1.69. The number of halogens is 2. The summed E-state index contributed by atoms with van der Waals surface area (Å²) in [6.07, 6.45) is -0.110. The fourth-order valence-electron chi connectivity index (χ4n) is 4.44. The van der Waals surface area contributed by atoms with Crippen LogP contribution in [0.5, 0.6) is 0 Å². The molecular weight excluding hydrogens is 538 g/mol. The Bertz CT molecular complexity index is 901. The number of morpholine rings is 2. The van der Waals surface area contributed by atoms with Crippen LogP contribution in [-0.4, -0.2) is 74.8 Å². The van der Waals surface area contributed by atoms with Crippen LogP contribution in [0.4, 0.5) is 4.39 Å². The van der Waals surface area contributed by atoms with Gasteiger partial charge in [-0.2, -0.15) is 0 Å². The molecule has 0 radical (unpaired) electrons. The molecule has 4 rings (SSSR count). The van der Waals surface area contributed by atoms with E-state index in [9.17, 15) is 4.39 Å². The molecule has 1 N–H and O–H groups in total. The number of nitrogens with zero attached hydrogens (tertiary/aromatic N) is 3. The summed E-state index contributed by atoms with van der Waals surface area (Å²) in [5.41, 5.74) is 0.968. The molecule has 33 heavy (non-hydrogen) atoms. The van der Waals surface area contributed by atoms with Gasteiger partial charge in [0.2, 0.25) is 0 Å². The van der Waals surface area contributed by atoms with Crippen molar-refractivity contribution in [1.29, 1.82) is 0 Å². The molecular formula is C24H34FIN4O3. The monoisotopic (exact) mass is 572 g/mol. The third-order valence-corrected chi connectivity index (χ3v) is 6.04. The minimum Gasteiger partial charge on any atom is -0.465 e. The minimum absolute atomic E-state index is 0. The topological polar surface area (TPSA) is 62.5 Å². The van der Waals surface area contributed by atoms with Crippen molar-refractivity contribution in [3.8, 4) is 0 Å². The summed E-state index contributed by atoms with van der Waals surface area (Å²) in [5.74, 6) is 2.45. The summed E-state index contributed by atoms with van der Waals surface area (Å²) < 4.78 is 31.0. The first-order chi connectivity index (χ1) is 15.5. The molecule has 0 amide bonds. The average Bonchev–Trinajstić information content (AvgIpc) is 3.23. The van der Waals surface area contributed by atoms with Gasteiger partial charge in [-0.25, -0.2) is 4.39 Å². The van der Waals surface area contributed by atoms with Crippen molar-refractivity contribution < 1.29 is 18.3 Å². The van der Waals surface area contributed by atoms with Gasteiger partial charge in [0.1, 0.15) is 23.4 Å². The van der Waals surface area contributed by atoms with Gasteiger partial charge in [0.15, 0.2) is 5.96 Å². The van der Waals surface area contributed by atoms with Crippen LogP contribution >= 0.6 is 24.0 Å². The van der Waals surface area contributed by atoms with Crippen LogP contribution in [0, 0.1) is 12.7 Å². The first kappa shape index (κ1) is 25.9. The summed E-state index contributed by atoms with van der Waals surface area (Å²) in [7, 11) is 1.80. The van der Waals surface area contributed by atoms with Gasteiger partial charge in [-0.05, 0) is 43.7 Å². The molecule has 2 aliphatic rings. The minimum atomic E-state index is -0.241. The molecule has 2 aromatic rings. The van der Waals surface area contributed by atoms with Crippen molar-refractivity contribution in [2.45, 2.75) is 32.1 Å². The summed E-state index contributed by atoms with van der Waals surface area (Å²) in [4.78, 5) is 9.15. The van der Waals surface area contributed by atoms with Crippen LogP contribution in [0.2, 0.25) is 0 Å². The van der Waals surface area contributed by atoms with Gasteiger partial charge in [-0.3, -0.25) is 9.89 Å². The van der Waals surface area contributed by atoms with E-state index in [0.29, 0.717) is 13.1 Å². The molecule has 3 atom stereocenters. The van der Waals surface area contributed by atoms with Gasteiger partial charge in [0.05, 0.1) is 31.9 Å². The largest absolute Gasteiger partial charge is 0.465 e. The van der Waals surface area contributed by atoms with E-state index >= 15 is 0 Å². The number of guanidine groups is 1. The Morgan fingerprint density at radius 1 is 1.15 bits per heavy atom. The molecule has 182 valence electrons. The molecule has 2 fully saturated rings. The summed E-state index contributed by atoms with van der Waals surface area (Å²) in [5, 5.41) is 3.56. The van der Waals surface area contributed by atoms with Gasteiger partial charge in [-0.15, -0.1) is 24.0 Å². The SMILES string of the molecule is CN=C(NCC(c1ccc(C)o1)N1CCOCC1)N1CC(C)OC(c2ccc(F)cc2)C1.I. The number of hydrogen-bond donors (Lipinski definition) is 1. The van der Waals surface area contributed by atoms with E-state index in [-0.39, 0.29) is 48.0 Å². The number of ether oxygens (including phenoxy) is 2. The molecule has 1 aromatic carbocycles. The third kappa shape index (κ3) is 6.68. The molecule has 0 bridgehead atoms. The molecule has 0 saturated carbocycles. The number of hydrogen-bond acceptors (Lipinski definition) is 5. The number of aliphatic imine (C=N–C) groups is 1. The Morgan fingerprint density at radius 2 is 1.88 bits per heavy atom. The predicted octanol–water partition coefficient (Wildman–Crippen LogP) is 3.76. The fourth-order valence-corrected chi connectivity index (χ4v) is 4.44. The highest BCUT2D eigenvalue weighted by Crippen LogP contribution is 2.26. The number of nitrogens with one attached hydrogen (secondary N) is 1.